The first-order valence-corrected chi connectivity index (χ1v) is 7.21. The summed E-state index contributed by atoms with van der Waals surface area (Å²) < 4.78 is 4.61. The summed E-state index contributed by atoms with van der Waals surface area (Å²) in [5.74, 6) is -1.45. The lowest BCUT2D eigenvalue weighted by Crippen LogP contribution is -2.31. The zero-order chi connectivity index (χ0) is 19.4. The number of hydrogen-bond acceptors (Lipinski definition) is 9. The lowest BCUT2D eigenvalue weighted by atomic mass is 10.2. The van der Waals surface area contributed by atoms with Crippen LogP contribution >= 0.6 is 0 Å². The van der Waals surface area contributed by atoms with E-state index in [4.69, 9.17) is 5.11 Å². The third-order valence-electron chi connectivity index (χ3n) is 3.55. The van der Waals surface area contributed by atoms with Crippen LogP contribution in [0.5, 0.6) is 0 Å². The first-order chi connectivity index (χ1) is 12.3. The molecular formula is C14H14N4O8. The molecule has 12 heteroatoms. The van der Waals surface area contributed by atoms with Crippen molar-refractivity contribution in [3.8, 4) is 0 Å². The Morgan fingerprint density at radius 2 is 1.85 bits per heavy atom. The lowest BCUT2D eigenvalue weighted by Gasteiger charge is -2.14. The number of nitro benzene ring substituents is 2. The summed E-state index contributed by atoms with van der Waals surface area (Å²) in [7, 11) is 1.12. The van der Waals surface area contributed by atoms with E-state index in [9.17, 15) is 29.8 Å². The van der Waals surface area contributed by atoms with E-state index in [2.05, 4.69) is 10.1 Å². The van der Waals surface area contributed by atoms with Crippen molar-refractivity contribution in [3.63, 3.8) is 0 Å². The largest absolute Gasteiger partial charge is 0.466 e. The quantitative estimate of drug-likeness (QED) is 0.389. The number of amides is 1. The van der Waals surface area contributed by atoms with Crippen LogP contribution in [0.4, 0.5) is 17.1 Å². The van der Waals surface area contributed by atoms with Gasteiger partial charge in [0.25, 0.3) is 17.3 Å². The van der Waals surface area contributed by atoms with Crippen LogP contribution in [-0.4, -0.2) is 58.5 Å². The number of non-ortho nitro benzene ring substituents is 2. The molecule has 26 heavy (non-hydrogen) atoms. The number of β-amino-alcohol motifs (C(OH)–C–C–N with tert-alkyl or cyclic N) is 1. The van der Waals surface area contributed by atoms with Crippen LogP contribution in [0.3, 0.4) is 0 Å². The van der Waals surface area contributed by atoms with E-state index in [1.807, 2.05) is 0 Å². The Morgan fingerprint density at radius 3 is 2.31 bits per heavy atom. The van der Waals surface area contributed by atoms with Gasteiger partial charge >= 0.3 is 5.97 Å². The summed E-state index contributed by atoms with van der Waals surface area (Å²) in [6, 6.07) is 2.77. The highest BCUT2D eigenvalue weighted by Gasteiger charge is 2.34. The molecule has 2 rings (SSSR count). The van der Waals surface area contributed by atoms with Crippen LogP contribution in [0, 0.1) is 20.2 Å². The van der Waals surface area contributed by atoms with Gasteiger partial charge in [-0.2, -0.15) is 0 Å². The second-order valence-corrected chi connectivity index (χ2v) is 5.17. The van der Waals surface area contributed by atoms with Gasteiger partial charge in [0.15, 0.2) is 0 Å². The predicted molar refractivity (Wildman–Crippen MR) is 86.1 cm³/mol. The molecule has 2 N–H and O–H groups in total. The first-order valence-electron chi connectivity index (χ1n) is 7.21. The summed E-state index contributed by atoms with van der Waals surface area (Å²) in [5.41, 5.74) is -1.50. The van der Waals surface area contributed by atoms with Crippen molar-refractivity contribution in [2.75, 3.05) is 32.1 Å². The standard InChI is InChI=1S/C14H14N4O8/c1-26-14(21)11-7-16(2-3-19)13(20)12(11)15-8-4-9(17(22)23)6-10(5-8)18(24)25/h4-6,15,19H,2-3,7H2,1H3. The molecule has 0 saturated heterocycles. The van der Waals surface area contributed by atoms with Crippen LogP contribution in [-0.2, 0) is 14.3 Å². The monoisotopic (exact) mass is 366 g/mol. The number of anilines is 1. The van der Waals surface area contributed by atoms with Gasteiger partial charge in [-0.05, 0) is 0 Å². The van der Waals surface area contributed by atoms with Crippen LogP contribution in [0.15, 0.2) is 29.5 Å². The molecule has 1 amide bonds. The lowest BCUT2D eigenvalue weighted by molar-refractivity contribution is -0.394. The molecule has 1 aromatic rings. The number of benzene rings is 1. The van der Waals surface area contributed by atoms with E-state index >= 15 is 0 Å². The van der Waals surface area contributed by atoms with Crippen molar-refractivity contribution in [2.24, 2.45) is 0 Å². The number of aliphatic hydroxyl groups excluding tert-OH is 1. The maximum atomic E-state index is 12.4. The summed E-state index contributed by atoms with van der Waals surface area (Å²) >= 11 is 0. The third kappa shape index (κ3) is 3.75. The van der Waals surface area contributed by atoms with Gasteiger partial charge in [-0.15, -0.1) is 0 Å². The van der Waals surface area contributed by atoms with Crippen molar-refractivity contribution in [1.29, 1.82) is 0 Å². The Bertz CT molecular complexity index is 787. The summed E-state index contributed by atoms with van der Waals surface area (Å²) in [6.07, 6.45) is 0. The van der Waals surface area contributed by atoms with Crippen LogP contribution in [0.2, 0.25) is 0 Å². The van der Waals surface area contributed by atoms with Gasteiger partial charge in [0.05, 0.1) is 47.4 Å². The van der Waals surface area contributed by atoms with Crippen LogP contribution in [0.25, 0.3) is 0 Å². The molecule has 0 spiro atoms. The van der Waals surface area contributed by atoms with Crippen molar-refractivity contribution in [3.05, 3.63) is 49.7 Å². The summed E-state index contributed by atoms with van der Waals surface area (Å²) in [4.78, 5) is 45.7. The average Bonchev–Trinajstić information content (AvgIpc) is 2.90. The van der Waals surface area contributed by atoms with E-state index < -0.39 is 33.1 Å². The number of nitrogens with zero attached hydrogens (tertiary/aromatic N) is 3. The molecule has 0 fully saturated rings. The highest BCUT2D eigenvalue weighted by molar-refractivity contribution is 6.08. The second-order valence-electron chi connectivity index (χ2n) is 5.17. The van der Waals surface area contributed by atoms with Gasteiger partial charge in [-0.25, -0.2) is 4.79 Å². The Kier molecular flexibility index (Phi) is 5.47. The molecule has 0 bridgehead atoms. The molecule has 1 aliphatic heterocycles. The number of carbonyl (C=O) groups excluding carboxylic acids is 2. The van der Waals surface area contributed by atoms with E-state index in [1.165, 1.54) is 4.90 Å². The number of nitro groups is 2. The molecular weight excluding hydrogens is 352 g/mol. The molecule has 0 radical (unpaired) electrons. The van der Waals surface area contributed by atoms with Crippen LogP contribution < -0.4 is 5.32 Å². The zero-order valence-electron chi connectivity index (χ0n) is 13.5. The second kappa shape index (κ2) is 7.57. The van der Waals surface area contributed by atoms with Crippen molar-refractivity contribution in [1.82, 2.24) is 4.90 Å². The number of methoxy groups -OCH3 is 1. The highest BCUT2D eigenvalue weighted by Crippen LogP contribution is 2.29. The maximum absolute atomic E-state index is 12.4. The Labute approximate surface area is 146 Å². The number of rotatable bonds is 7. The third-order valence-corrected chi connectivity index (χ3v) is 3.55. The summed E-state index contributed by atoms with van der Waals surface area (Å²) in [6.45, 7) is -0.513. The highest BCUT2D eigenvalue weighted by atomic mass is 16.6. The molecule has 0 unspecified atom stereocenters. The number of hydrogen-bond donors (Lipinski definition) is 2. The summed E-state index contributed by atoms with van der Waals surface area (Å²) in [5, 5.41) is 33.4. The number of carbonyl (C=O) groups is 2. The molecule has 1 heterocycles. The van der Waals surface area contributed by atoms with E-state index in [1.54, 1.807) is 0 Å². The van der Waals surface area contributed by atoms with E-state index in [0.717, 1.165) is 25.3 Å². The average molecular weight is 366 g/mol. The fourth-order valence-electron chi connectivity index (χ4n) is 2.37. The minimum absolute atomic E-state index is 0.0421. The molecule has 138 valence electrons. The fraction of sp³-hybridized carbons (Fsp3) is 0.286. The van der Waals surface area contributed by atoms with Gasteiger partial charge in [0.2, 0.25) is 0 Å². The molecule has 0 atom stereocenters. The number of nitrogens with one attached hydrogen (secondary N) is 1. The normalized spacial score (nSPS) is 13.8. The fourth-order valence-corrected chi connectivity index (χ4v) is 2.37. The predicted octanol–water partition coefficient (Wildman–Crippen LogP) is 0.176. The molecule has 0 aliphatic carbocycles. The minimum atomic E-state index is -0.817. The Morgan fingerprint density at radius 1 is 1.27 bits per heavy atom. The van der Waals surface area contributed by atoms with Crippen molar-refractivity contribution < 1.29 is 29.3 Å². The van der Waals surface area contributed by atoms with E-state index in [0.29, 0.717) is 0 Å². The van der Waals surface area contributed by atoms with Crippen molar-refractivity contribution >= 4 is 28.9 Å². The minimum Gasteiger partial charge on any atom is -0.466 e. The molecule has 0 saturated carbocycles. The van der Waals surface area contributed by atoms with Gasteiger partial charge in [0.1, 0.15) is 5.70 Å². The maximum Gasteiger partial charge on any atom is 0.337 e. The van der Waals surface area contributed by atoms with Gasteiger partial charge in [-0.3, -0.25) is 25.0 Å². The number of aliphatic hydroxyl groups is 1. The van der Waals surface area contributed by atoms with Crippen LogP contribution in [0.1, 0.15) is 0 Å². The van der Waals surface area contributed by atoms with E-state index in [-0.39, 0.29) is 36.7 Å². The Hall–Kier alpha value is -3.54. The smallest absolute Gasteiger partial charge is 0.337 e. The Balaban J connectivity index is 2.46. The molecule has 1 aromatic carbocycles. The number of esters is 1. The first kappa shape index (κ1) is 18.8. The van der Waals surface area contributed by atoms with Gasteiger partial charge in [-0.1, -0.05) is 0 Å². The van der Waals surface area contributed by atoms with Crippen molar-refractivity contribution in [2.45, 2.75) is 0 Å². The molecule has 1 aliphatic rings. The molecule has 0 aromatic heterocycles. The SMILES string of the molecule is COC(=O)C1=C(Nc2cc([N+](=O)[O-])cc([N+](=O)[O-])c2)C(=O)N(CCO)C1. The number of ether oxygens (including phenoxy) is 1. The van der Waals surface area contributed by atoms with Gasteiger partial charge in [0, 0.05) is 18.7 Å². The molecule has 12 nitrogen and oxygen atoms in total. The zero-order valence-corrected chi connectivity index (χ0v) is 13.5. The topological polar surface area (TPSA) is 165 Å². The van der Waals surface area contributed by atoms with Gasteiger partial charge < -0.3 is 20.1 Å².